The van der Waals surface area contributed by atoms with Crippen LogP contribution in [0.3, 0.4) is 0 Å². The second-order valence-electron chi connectivity index (χ2n) is 5.09. The van der Waals surface area contributed by atoms with Crippen LogP contribution in [0.15, 0.2) is 34.9 Å². The van der Waals surface area contributed by atoms with Gasteiger partial charge < -0.3 is 10.3 Å². The SMILES string of the molecule is CC(c1noc([C@@H](N)CCc2ccccc2)n1)S(C)(=O)=O. The van der Waals surface area contributed by atoms with Gasteiger partial charge in [-0.05, 0) is 25.3 Å². The second-order valence-corrected chi connectivity index (χ2v) is 7.46. The first-order valence-electron chi connectivity index (χ1n) is 6.70. The second kappa shape index (κ2) is 6.36. The number of nitrogens with zero attached hydrogens (tertiary/aromatic N) is 2. The molecule has 0 saturated carbocycles. The molecule has 2 N–H and O–H groups in total. The fourth-order valence-corrected chi connectivity index (χ4v) is 2.32. The van der Waals surface area contributed by atoms with E-state index in [1.165, 1.54) is 12.5 Å². The van der Waals surface area contributed by atoms with Gasteiger partial charge in [0.15, 0.2) is 15.7 Å². The number of sulfone groups is 1. The minimum atomic E-state index is -3.25. The molecule has 0 radical (unpaired) electrons. The molecule has 21 heavy (non-hydrogen) atoms. The van der Waals surface area contributed by atoms with Gasteiger partial charge in [0.05, 0.1) is 6.04 Å². The first-order valence-corrected chi connectivity index (χ1v) is 8.65. The molecule has 114 valence electrons. The van der Waals surface area contributed by atoms with E-state index in [1.807, 2.05) is 30.3 Å². The number of nitrogens with two attached hydrogens (primary N) is 1. The molecule has 0 aliphatic rings. The summed E-state index contributed by atoms with van der Waals surface area (Å²) in [5, 5.41) is 2.92. The molecule has 0 saturated heterocycles. The maximum atomic E-state index is 11.5. The summed E-state index contributed by atoms with van der Waals surface area (Å²) in [6.45, 7) is 1.53. The normalized spacial score (nSPS) is 14.8. The summed E-state index contributed by atoms with van der Waals surface area (Å²) in [5.74, 6) is 0.430. The summed E-state index contributed by atoms with van der Waals surface area (Å²) in [4.78, 5) is 4.11. The molecule has 0 amide bonds. The van der Waals surface area contributed by atoms with E-state index in [4.69, 9.17) is 10.3 Å². The van der Waals surface area contributed by atoms with E-state index in [0.717, 1.165) is 12.7 Å². The van der Waals surface area contributed by atoms with Crippen LogP contribution in [0.5, 0.6) is 0 Å². The molecule has 7 heteroatoms. The van der Waals surface area contributed by atoms with E-state index in [2.05, 4.69) is 10.1 Å². The molecule has 2 aromatic rings. The monoisotopic (exact) mass is 309 g/mol. The summed E-state index contributed by atoms with van der Waals surface area (Å²) >= 11 is 0. The van der Waals surface area contributed by atoms with Crippen LogP contribution in [0.2, 0.25) is 0 Å². The Kier molecular flexibility index (Phi) is 4.74. The zero-order valence-electron chi connectivity index (χ0n) is 12.1. The van der Waals surface area contributed by atoms with Gasteiger partial charge in [-0.15, -0.1) is 0 Å². The number of benzene rings is 1. The first kappa shape index (κ1) is 15.7. The zero-order valence-corrected chi connectivity index (χ0v) is 12.9. The summed E-state index contributed by atoms with van der Waals surface area (Å²) in [6.07, 6.45) is 2.59. The third kappa shape index (κ3) is 4.12. The molecule has 0 aliphatic heterocycles. The average molecular weight is 309 g/mol. The molecule has 0 fully saturated rings. The molecule has 2 rings (SSSR count). The van der Waals surface area contributed by atoms with Gasteiger partial charge in [-0.25, -0.2) is 8.42 Å². The largest absolute Gasteiger partial charge is 0.338 e. The average Bonchev–Trinajstić information content (AvgIpc) is 2.93. The summed E-state index contributed by atoms with van der Waals surface area (Å²) < 4.78 is 28.0. The van der Waals surface area contributed by atoms with Gasteiger partial charge in [0, 0.05) is 6.26 Å². The van der Waals surface area contributed by atoms with Crippen LogP contribution >= 0.6 is 0 Å². The van der Waals surface area contributed by atoms with E-state index >= 15 is 0 Å². The van der Waals surface area contributed by atoms with Crippen LogP contribution in [0.25, 0.3) is 0 Å². The van der Waals surface area contributed by atoms with Crippen molar-refractivity contribution < 1.29 is 12.9 Å². The number of hydrogen-bond acceptors (Lipinski definition) is 6. The van der Waals surface area contributed by atoms with Crippen LogP contribution in [-0.2, 0) is 16.3 Å². The molecule has 6 nitrogen and oxygen atoms in total. The van der Waals surface area contributed by atoms with Crippen LogP contribution < -0.4 is 5.73 Å². The lowest BCUT2D eigenvalue weighted by Gasteiger charge is -2.06. The van der Waals surface area contributed by atoms with Gasteiger partial charge in [0.2, 0.25) is 5.89 Å². The van der Waals surface area contributed by atoms with Crippen molar-refractivity contribution in [1.29, 1.82) is 0 Å². The Morgan fingerprint density at radius 2 is 1.95 bits per heavy atom. The van der Waals surface area contributed by atoms with E-state index in [1.54, 1.807) is 0 Å². The highest BCUT2D eigenvalue weighted by molar-refractivity contribution is 7.90. The summed E-state index contributed by atoms with van der Waals surface area (Å²) in [5.41, 5.74) is 7.20. The summed E-state index contributed by atoms with van der Waals surface area (Å²) in [6, 6.07) is 9.55. The van der Waals surface area contributed by atoms with Gasteiger partial charge in [0.25, 0.3) is 0 Å². The van der Waals surface area contributed by atoms with Crippen molar-refractivity contribution in [2.75, 3.05) is 6.26 Å². The lowest BCUT2D eigenvalue weighted by molar-refractivity contribution is 0.345. The fourth-order valence-electron chi connectivity index (χ4n) is 1.84. The smallest absolute Gasteiger partial charge is 0.243 e. The van der Waals surface area contributed by atoms with E-state index in [0.29, 0.717) is 6.42 Å². The van der Waals surface area contributed by atoms with Gasteiger partial charge in [-0.3, -0.25) is 0 Å². The van der Waals surface area contributed by atoms with Crippen molar-refractivity contribution in [3.63, 3.8) is 0 Å². The fraction of sp³-hybridized carbons (Fsp3) is 0.429. The lowest BCUT2D eigenvalue weighted by Crippen LogP contribution is -2.13. The molecule has 0 aliphatic carbocycles. The molecular weight excluding hydrogens is 290 g/mol. The maximum Gasteiger partial charge on any atom is 0.243 e. The Bertz CT molecular complexity index is 682. The Labute approximate surface area is 124 Å². The Hall–Kier alpha value is -1.73. The molecule has 1 heterocycles. The quantitative estimate of drug-likeness (QED) is 0.873. The van der Waals surface area contributed by atoms with Gasteiger partial charge in [-0.1, -0.05) is 35.5 Å². The minimum absolute atomic E-state index is 0.155. The van der Waals surface area contributed by atoms with E-state index in [-0.39, 0.29) is 11.7 Å². The topological polar surface area (TPSA) is 99.1 Å². The molecule has 2 atom stereocenters. The predicted molar refractivity (Wildman–Crippen MR) is 79.2 cm³/mol. The zero-order chi connectivity index (χ0) is 15.5. The predicted octanol–water partition coefficient (Wildman–Crippen LogP) is 1.81. The van der Waals surface area contributed by atoms with Crippen LogP contribution in [0.1, 0.15) is 41.9 Å². The van der Waals surface area contributed by atoms with Crippen LogP contribution in [-0.4, -0.2) is 24.8 Å². The third-order valence-electron chi connectivity index (χ3n) is 3.37. The van der Waals surface area contributed by atoms with E-state index in [9.17, 15) is 8.42 Å². The number of hydrogen-bond donors (Lipinski definition) is 1. The molecule has 1 unspecified atom stereocenters. The highest BCUT2D eigenvalue weighted by atomic mass is 32.2. The van der Waals surface area contributed by atoms with Crippen molar-refractivity contribution in [2.45, 2.75) is 31.1 Å². The van der Waals surface area contributed by atoms with Gasteiger partial charge in [-0.2, -0.15) is 4.98 Å². The third-order valence-corrected chi connectivity index (χ3v) is 4.86. The Morgan fingerprint density at radius 3 is 2.57 bits per heavy atom. The Balaban J connectivity index is 2.01. The first-order chi connectivity index (χ1) is 9.88. The molecule has 1 aromatic carbocycles. The van der Waals surface area contributed by atoms with Crippen LogP contribution in [0, 0.1) is 0 Å². The van der Waals surface area contributed by atoms with E-state index < -0.39 is 21.1 Å². The summed E-state index contributed by atoms with van der Waals surface area (Å²) in [7, 11) is -3.25. The Morgan fingerprint density at radius 1 is 1.29 bits per heavy atom. The lowest BCUT2D eigenvalue weighted by atomic mass is 10.1. The molecular formula is C14H19N3O3S. The highest BCUT2D eigenvalue weighted by Crippen LogP contribution is 2.21. The number of aryl methyl sites for hydroxylation is 1. The van der Waals surface area contributed by atoms with Crippen molar-refractivity contribution in [1.82, 2.24) is 10.1 Å². The standard InChI is InChI=1S/C14H19N3O3S/c1-10(21(2,18)19)13-16-14(20-17-13)12(15)9-8-11-6-4-3-5-7-11/h3-7,10,12H,8-9,15H2,1-2H3/t10?,12-/m0/s1. The van der Waals surface area contributed by atoms with Crippen molar-refractivity contribution >= 4 is 9.84 Å². The number of rotatable bonds is 6. The van der Waals surface area contributed by atoms with Gasteiger partial charge >= 0.3 is 0 Å². The maximum absolute atomic E-state index is 11.5. The molecule has 0 spiro atoms. The highest BCUT2D eigenvalue weighted by Gasteiger charge is 2.24. The molecule has 0 bridgehead atoms. The van der Waals surface area contributed by atoms with Gasteiger partial charge in [0.1, 0.15) is 5.25 Å². The minimum Gasteiger partial charge on any atom is -0.338 e. The number of aromatic nitrogens is 2. The van der Waals surface area contributed by atoms with Crippen molar-refractivity contribution in [3.8, 4) is 0 Å². The van der Waals surface area contributed by atoms with Crippen LogP contribution in [0.4, 0.5) is 0 Å². The molecule has 1 aromatic heterocycles. The van der Waals surface area contributed by atoms with Crippen molar-refractivity contribution in [3.05, 3.63) is 47.6 Å². The van der Waals surface area contributed by atoms with Crippen molar-refractivity contribution in [2.24, 2.45) is 5.73 Å².